The van der Waals surface area contributed by atoms with E-state index in [1.165, 1.54) is 11.1 Å². The van der Waals surface area contributed by atoms with Crippen molar-refractivity contribution in [3.8, 4) is 17.0 Å². The number of esters is 1. The summed E-state index contributed by atoms with van der Waals surface area (Å²) in [6, 6.07) is 11.6. The first-order valence-electron chi connectivity index (χ1n) is 17.6. The second-order valence-electron chi connectivity index (χ2n) is 14.9. The van der Waals surface area contributed by atoms with Crippen molar-refractivity contribution in [3.05, 3.63) is 59.9 Å². The van der Waals surface area contributed by atoms with Gasteiger partial charge in [-0.1, -0.05) is 12.1 Å². The maximum Gasteiger partial charge on any atom is 0.410 e. The Balaban J connectivity index is 1.81. The predicted molar refractivity (Wildman–Crippen MR) is 208 cm³/mol. The molecule has 55 heavy (non-hydrogen) atoms. The van der Waals surface area contributed by atoms with Crippen LogP contribution in [-0.2, 0) is 41.6 Å². The summed E-state index contributed by atoms with van der Waals surface area (Å²) in [6.07, 6.45) is 0.873. The molecule has 16 nitrogen and oxygen atoms in total. The van der Waals surface area contributed by atoms with Gasteiger partial charge in [0.1, 0.15) is 23.6 Å². The predicted octanol–water partition coefficient (Wildman–Crippen LogP) is 4.48. The molecule has 3 rings (SSSR count). The molecule has 2 amide bonds. The van der Waals surface area contributed by atoms with E-state index in [1.54, 1.807) is 105 Å². The van der Waals surface area contributed by atoms with E-state index in [0.717, 1.165) is 0 Å². The summed E-state index contributed by atoms with van der Waals surface area (Å²) in [5.74, 6) is -1.04. The number of aromatic nitrogens is 2. The topological polar surface area (TPSA) is 220 Å². The summed E-state index contributed by atoms with van der Waals surface area (Å²) in [6.45, 7) is 14.9. The van der Waals surface area contributed by atoms with E-state index >= 15 is 0 Å². The zero-order valence-electron chi connectivity index (χ0n) is 33.0. The average Bonchev–Trinajstić information content (AvgIpc) is 3.09. The SMILES string of the molecule is CN(Cc1cccc(NC(=O)c2nc(-c3ccc([S+]([O-])NC(C)(C)C(=O)OC(C)(C)C)cc3)cnc2N)c1OCCOCCOCCO)C(=O)OC(C)(C)C. The lowest BCUT2D eigenvalue weighted by Gasteiger charge is -2.29. The zero-order valence-corrected chi connectivity index (χ0v) is 33.8. The van der Waals surface area contributed by atoms with E-state index < -0.39 is 46.1 Å². The number of ether oxygens (including phenoxy) is 5. The second-order valence-corrected chi connectivity index (χ2v) is 16.1. The van der Waals surface area contributed by atoms with Gasteiger partial charge in [-0.25, -0.2) is 19.6 Å². The van der Waals surface area contributed by atoms with E-state index in [2.05, 4.69) is 20.0 Å². The largest absolute Gasteiger partial charge is 0.593 e. The number of anilines is 2. The molecular formula is C38H54N6O10S. The van der Waals surface area contributed by atoms with Crippen LogP contribution in [0.4, 0.5) is 16.3 Å². The number of benzene rings is 2. The van der Waals surface area contributed by atoms with Crippen molar-refractivity contribution < 1.29 is 47.7 Å². The van der Waals surface area contributed by atoms with Crippen LogP contribution < -0.4 is 20.5 Å². The molecule has 0 fully saturated rings. The highest BCUT2D eigenvalue weighted by Crippen LogP contribution is 2.31. The molecule has 5 N–H and O–H groups in total. The first-order chi connectivity index (χ1) is 25.7. The molecule has 0 spiro atoms. The van der Waals surface area contributed by atoms with Crippen LogP contribution in [0.1, 0.15) is 71.4 Å². The van der Waals surface area contributed by atoms with E-state index in [4.69, 9.17) is 34.5 Å². The van der Waals surface area contributed by atoms with Crippen molar-refractivity contribution in [2.75, 3.05) is 57.7 Å². The van der Waals surface area contributed by atoms with Gasteiger partial charge in [0.05, 0.1) is 68.5 Å². The van der Waals surface area contributed by atoms with Crippen molar-refractivity contribution >= 4 is 40.8 Å². The van der Waals surface area contributed by atoms with Gasteiger partial charge in [-0.05, 0) is 85.7 Å². The normalized spacial score (nSPS) is 12.5. The van der Waals surface area contributed by atoms with Crippen LogP contribution >= 0.6 is 0 Å². The first-order valence-corrected chi connectivity index (χ1v) is 18.8. The third kappa shape index (κ3) is 14.6. The van der Waals surface area contributed by atoms with Gasteiger partial charge in [-0.2, -0.15) is 0 Å². The van der Waals surface area contributed by atoms with Crippen molar-refractivity contribution in [3.63, 3.8) is 0 Å². The van der Waals surface area contributed by atoms with Gasteiger partial charge in [-0.15, -0.1) is 4.72 Å². The second kappa shape index (κ2) is 19.9. The van der Waals surface area contributed by atoms with E-state index in [9.17, 15) is 18.9 Å². The molecule has 0 bridgehead atoms. The molecule has 0 aliphatic rings. The molecular weight excluding hydrogens is 733 g/mol. The number of nitrogens with zero attached hydrogens (tertiary/aromatic N) is 3. The standard InChI is InChI=1S/C38H54N6O10S/c1-36(2,3)53-34(47)38(7,8)43-55(49)27-15-13-25(14-16-27)29-23-40-32(39)30(41-29)33(46)42-28-12-10-11-26(24-44(9)35(48)54-37(4,5)6)31(28)52-22-21-51-20-19-50-18-17-45/h10-16,23,43,45H,17-22,24H2,1-9H3,(H2,39,40)(H,42,46). The van der Waals surface area contributed by atoms with Gasteiger partial charge >= 0.3 is 12.1 Å². The van der Waals surface area contributed by atoms with Gasteiger partial charge in [0, 0.05) is 18.2 Å². The number of nitrogens with one attached hydrogen (secondary N) is 2. The molecule has 0 saturated carbocycles. The zero-order chi connectivity index (χ0) is 41.0. The maximum absolute atomic E-state index is 13.7. The van der Waals surface area contributed by atoms with E-state index in [1.807, 2.05) is 0 Å². The third-order valence-corrected chi connectivity index (χ3v) is 8.57. The fourth-order valence-electron chi connectivity index (χ4n) is 4.60. The number of amides is 2. The molecule has 2 aromatic carbocycles. The van der Waals surface area contributed by atoms with Crippen LogP contribution in [0.3, 0.4) is 0 Å². The summed E-state index contributed by atoms with van der Waals surface area (Å²) < 4.78 is 43.8. The van der Waals surface area contributed by atoms with Crippen LogP contribution in [0.5, 0.6) is 5.75 Å². The molecule has 0 radical (unpaired) electrons. The Morgan fingerprint density at radius 1 is 0.891 bits per heavy atom. The van der Waals surface area contributed by atoms with Gasteiger partial charge in [-0.3, -0.25) is 4.79 Å². The molecule has 302 valence electrons. The highest BCUT2D eigenvalue weighted by atomic mass is 32.2. The molecule has 1 atom stereocenters. The Bertz CT molecular complexity index is 1750. The average molecular weight is 787 g/mol. The molecule has 1 unspecified atom stereocenters. The van der Waals surface area contributed by atoms with Gasteiger partial charge < -0.3 is 49.3 Å². The number of nitrogen functional groups attached to an aromatic ring is 1. The Morgan fingerprint density at radius 2 is 1.51 bits per heavy atom. The van der Waals surface area contributed by atoms with E-state index in [0.29, 0.717) is 34.1 Å². The lowest BCUT2D eigenvalue weighted by atomic mass is 10.1. The minimum Gasteiger partial charge on any atom is -0.593 e. The third-order valence-electron chi connectivity index (χ3n) is 7.18. The number of hydrogen-bond donors (Lipinski definition) is 4. The van der Waals surface area contributed by atoms with E-state index in [-0.39, 0.29) is 56.8 Å². The molecule has 17 heteroatoms. The Labute approximate surface area is 325 Å². The summed E-state index contributed by atoms with van der Waals surface area (Å²) in [7, 11) is 1.59. The number of hydrogen-bond acceptors (Lipinski definition) is 14. The highest BCUT2D eigenvalue weighted by molar-refractivity contribution is 7.89. The summed E-state index contributed by atoms with van der Waals surface area (Å²) in [5, 5.41) is 11.7. The van der Waals surface area contributed by atoms with Gasteiger partial charge in [0.25, 0.3) is 5.91 Å². The number of aliphatic hydroxyl groups excluding tert-OH is 1. The number of carbonyl (C=O) groups is 3. The monoisotopic (exact) mass is 786 g/mol. The fourth-order valence-corrected chi connectivity index (χ4v) is 5.65. The van der Waals surface area contributed by atoms with Crippen molar-refractivity contribution in [2.45, 2.75) is 83.6 Å². The molecule has 0 saturated heterocycles. The van der Waals surface area contributed by atoms with Crippen molar-refractivity contribution in [1.82, 2.24) is 19.6 Å². The first kappa shape index (κ1) is 44.9. The Hall–Kier alpha value is -4.52. The number of aliphatic hydroxyl groups is 1. The van der Waals surface area contributed by atoms with Gasteiger partial charge in [0.2, 0.25) is 0 Å². The van der Waals surface area contributed by atoms with Crippen LogP contribution in [0, 0.1) is 0 Å². The Morgan fingerprint density at radius 3 is 2.13 bits per heavy atom. The van der Waals surface area contributed by atoms with Crippen LogP contribution in [0.15, 0.2) is 53.6 Å². The summed E-state index contributed by atoms with van der Waals surface area (Å²) in [4.78, 5) is 49.6. The highest BCUT2D eigenvalue weighted by Gasteiger charge is 2.37. The molecule has 0 aliphatic heterocycles. The van der Waals surface area contributed by atoms with Gasteiger partial charge in [0.15, 0.2) is 21.9 Å². The minimum absolute atomic E-state index is 0.0828. The minimum atomic E-state index is -1.76. The van der Waals surface area contributed by atoms with Crippen LogP contribution in [0.25, 0.3) is 11.3 Å². The fraction of sp³-hybridized carbons (Fsp3) is 0.500. The maximum atomic E-state index is 13.7. The smallest absolute Gasteiger partial charge is 0.410 e. The van der Waals surface area contributed by atoms with Crippen LogP contribution in [-0.4, -0.2) is 106 Å². The number of nitrogens with two attached hydrogens (primary N) is 1. The lowest BCUT2D eigenvalue weighted by Crippen LogP contribution is -2.52. The summed E-state index contributed by atoms with van der Waals surface area (Å²) in [5.41, 5.74) is 5.08. The quantitative estimate of drug-likeness (QED) is 0.0794. The Kier molecular flexibility index (Phi) is 16.2. The number of rotatable bonds is 18. The molecule has 0 aliphatic carbocycles. The van der Waals surface area contributed by atoms with Crippen molar-refractivity contribution in [2.24, 2.45) is 0 Å². The molecule has 3 aromatic rings. The molecule has 1 heterocycles. The number of para-hydroxylation sites is 1. The van der Waals surface area contributed by atoms with Crippen LogP contribution in [0.2, 0.25) is 0 Å². The lowest BCUT2D eigenvalue weighted by molar-refractivity contribution is -0.160. The molecule has 1 aromatic heterocycles. The van der Waals surface area contributed by atoms with Crippen molar-refractivity contribution in [1.29, 1.82) is 0 Å². The summed E-state index contributed by atoms with van der Waals surface area (Å²) >= 11 is -1.76. The number of carbonyl (C=O) groups excluding carboxylic acids is 3.